The van der Waals surface area contributed by atoms with Crippen molar-refractivity contribution in [2.24, 2.45) is 5.92 Å². The van der Waals surface area contributed by atoms with Crippen molar-refractivity contribution >= 4 is 17.3 Å². The number of rotatable bonds is 5. The fourth-order valence-electron chi connectivity index (χ4n) is 1.67. The molecule has 0 bridgehead atoms. The van der Waals surface area contributed by atoms with Gasteiger partial charge in [0.25, 0.3) is 0 Å². The maximum atomic E-state index is 4.33. The van der Waals surface area contributed by atoms with Crippen LogP contribution in [0.2, 0.25) is 0 Å². The van der Waals surface area contributed by atoms with Gasteiger partial charge in [-0.25, -0.2) is 9.97 Å². The van der Waals surface area contributed by atoms with Crippen molar-refractivity contribution in [1.29, 1.82) is 0 Å². The summed E-state index contributed by atoms with van der Waals surface area (Å²) in [6.07, 6.45) is 3.85. The molecule has 0 aliphatic carbocycles. The van der Waals surface area contributed by atoms with Crippen molar-refractivity contribution in [3.63, 3.8) is 0 Å². The molecule has 17 heavy (non-hydrogen) atoms. The van der Waals surface area contributed by atoms with E-state index in [4.69, 9.17) is 0 Å². The number of nitrogens with one attached hydrogen (secondary N) is 1. The largest absolute Gasteiger partial charge is 0.351 e. The molecular formula is C12H18N4S. The second kappa shape index (κ2) is 5.31. The molecule has 4 nitrogen and oxygen atoms in total. The smallest absolute Gasteiger partial charge is 0.203 e. The van der Waals surface area contributed by atoms with E-state index in [1.54, 1.807) is 11.3 Å². The maximum absolute atomic E-state index is 4.33. The minimum Gasteiger partial charge on any atom is -0.351 e. The molecule has 92 valence electrons. The fraction of sp³-hybridized carbons (Fsp3) is 0.500. The van der Waals surface area contributed by atoms with E-state index in [9.17, 15) is 0 Å². The first-order chi connectivity index (χ1) is 8.16. The Bertz CT molecular complexity index is 472. The van der Waals surface area contributed by atoms with Gasteiger partial charge < -0.3 is 9.88 Å². The molecule has 0 aromatic carbocycles. The summed E-state index contributed by atoms with van der Waals surface area (Å²) in [7, 11) is 0. The SMILES string of the molecule is Cc1ncsc1CNc1nccn1CC(C)C. The second-order valence-electron chi connectivity index (χ2n) is 4.51. The Morgan fingerprint density at radius 3 is 2.88 bits per heavy atom. The number of nitrogens with zero attached hydrogens (tertiary/aromatic N) is 3. The Balaban J connectivity index is 1.99. The average Bonchev–Trinajstić information content (AvgIpc) is 2.84. The van der Waals surface area contributed by atoms with E-state index in [0.717, 1.165) is 24.7 Å². The topological polar surface area (TPSA) is 42.7 Å². The summed E-state index contributed by atoms with van der Waals surface area (Å²) in [5.41, 5.74) is 2.98. The van der Waals surface area contributed by atoms with E-state index in [1.165, 1.54) is 4.88 Å². The van der Waals surface area contributed by atoms with Crippen LogP contribution < -0.4 is 5.32 Å². The van der Waals surface area contributed by atoms with E-state index in [1.807, 2.05) is 24.8 Å². The first kappa shape index (κ1) is 12.1. The summed E-state index contributed by atoms with van der Waals surface area (Å²) in [6, 6.07) is 0. The predicted molar refractivity (Wildman–Crippen MR) is 71.2 cm³/mol. The van der Waals surface area contributed by atoms with Crippen LogP contribution in [0.5, 0.6) is 0 Å². The van der Waals surface area contributed by atoms with Crippen molar-refractivity contribution in [3.8, 4) is 0 Å². The molecule has 0 unspecified atom stereocenters. The molecule has 0 fully saturated rings. The predicted octanol–water partition coefficient (Wildman–Crippen LogP) is 2.92. The zero-order valence-corrected chi connectivity index (χ0v) is 11.3. The lowest BCUT2D eigenvalue weighted by molar-refractivity contribution is 0.526. The van der Waals surface area contributed by atoms with Gasteiger partial charge in [0.05, 0.1) is 17.7 Å². The highest BCUT2D eigenvalue weighted by Gasteiger charge is 2.06. The van der Waals surface area contributed by atoms with Crippen molar-refractivity contribution in [1.82, 2.24) is 14.5 Å². The summed E-state index contributed by atoms with van der Waals surface area (Å²) in [6.45, 7) is 8.23. The van der Waals surface area contributed by atoms with Crippen LogP contribution in [0.15, 0.2) is 17.9 Å². The van der Waals surface area contributed by atoms with Gasteiger partial charge in [0.2, 0.25) is 5.95 Å². The summed E-state index contributed by atoms with van der Waals surface area (Å²) < 4.78 is 2.15. The first-order valence-electron chi connectivity index (χ1n) is 5.80. The molecule has 0 aliphatic rings. The Kier molecular flexibility index (Phi) is 3.78. The van der Waals surface area contributed by atoms with E-state index < -0.39 is 0 Å². The van der Waals surface area contributed by atoms with Gasteiger partial charge in [0.15, 0.2) is 0 Å². The number of hydrogen-bond acceptors (Lipinski definition) is 4. The van der Waals surface area contributed by atoms with Crippen LogP contribution >= 0.6 is 11.3 Å². The Morgan fingerprint density at radius 2 is 2.24 bits per heavy atom. The van der Waals surface area contributed by atoms with E-state index in [2.05, 4.69) is 33.7 Å². The minimum atomic E-state index is 0.620. The maximum Gasteiger partial charge on any atom is 0.203 e. The van der Waals surface area contributed by atoms with Crippen LogP contribution in [0.1, 0.15) is 24.4 Å². The summed E-state index contributed by atoms with van der Waals surface area (Å²) >= 11 is 1.68. The number of aromatic nitrogens is 3. The minimum absolute atomic E-state index is 0.620. The molecule has 2 rings (SSSR count). The lowest BCUT2D eigenvalue weighted by atomic mass is 10.2. The van der Waals surface area contributed by atoms with Gasteiger partial charge in [0, 0.05) is 23.8 Å². The van der Waals surface area contributed by atoms with Gasteiger partial charge >= 0.3 is 0 Å². The number of aryl methyl sites for hydroxylation is 1. The highest BCUT2D eigenvalue weighted by Crippen LogP contribution is 2.15. The molecule has 0 radical (unpaired) electrons. The van der Waals surface area contributed by atoms with E-state index in [-0.39, 0.29) is 0 Å². The number of thiazole rings is 1. The van der Waals surface area contributed by atoms with Crippen LogP contribution in [0.25, 0.3) is 0 Å². The number of imidazole rings is 1. The molecule has 0 aliphatic heterocycles. The van der Waals surface area contributed by atoms with Crippen molar-refractivity contribution in [3.05, 3.63) is 28.5 Å². The highest BCUT2D eigenvalue weighted by molar-refractivity contribution is 7.09. The van der Waals surface area contributed by atoms with Gasteiger partial charge in [-0.2, -0.15) is 0 Å². The Labute approximate surface area is 106 Å². The van der Waals surface area contributed by atoms with Crippen LogP contribution in [-0.2, 0) is 13.1 Å². The zero-order valence-electron chi connectivity index (χ0n) is 10.5. The quantitative estimate of drug-likeness (QED) is 0.887. The fourth-order valence-corrected chi connectivity index (χ4v) is 2.39. The molecule has 1 N–H and O–H groups in total. The molecular weight excluding hydrogens is 232 g/mol. The lowest BCUT2D eigenvalue weighted by Crippen LogP contribution is -2.10. The Morgan fingerprint density at radius 1 is 1.41 bits per heavy atom. The third kappa shape index (κ3) is 3.06. The summed E-state index contributed by atoms with van der Waals surface area (Å²) in [5, 5.41) is 3.36. The normalized spacial score (nSPS) is 11.1. The molecule has 2 aromatic rings. The van der Waals surface area contributed by atoms with Gasteiger partial charge in [-0.1, -0.05) is 13.8 Å². The summed E-state index contributed by atoms with van der Waals surface area (Å²) in [5.74, 6) is 1.56. The number of anilines is 1. The second-order valence-corrected chi connectivity index (χ2v) is 5.45. The summed E-state index contributed by atoms with van der Waals surface area (Å²) in [4.78, 5) is 9.84. The van der Waals surface area contributed by atoms with Crippen LogP contribution in [0.3, 0.4) is 0 Å². The van der Waals surface area contributed by atoms with Gasteiger partial charge in [-0.15, -0.1) is 11.3 Å². The van der Waals surface area contributed by atoms with Gasteiger partial charge in [-0.3, -0.25) is 0 Å². The van der Waals surface area contributed by atoms with Crippen molar-refractivity contribution < 1.29 is 0 Å². The Hall–Kier alpha value is -1.36. The third-order valence-electron chi connectivity index (χ3n) is 2.53. The number of hydrogen-bond donors (Lipinski definition) is 1. The molecule has 0 amide bonds. The average molecular weight is 250 g/mol. The van der Waals surface area contributed by atoms with Crippen molar-refractivity contribution in [2.45, 2.75) is 33.9 Å². The van der Waals surface area contributed by atoms with Gasteiger partial charge in [-0.05, 0) is 12.8 Å². The monoisotopic (exact) mass is 250 g/mol. The molecule has 5 heteroatoms. The van der Waals surface area contributed by atoms with E-state index in [0.29, 0.717) is 5.92 Å². The van der Waals surface area contributed by atoms with Crippen LogP contribution in [0, 0.1) is 12.8 Å². The van der Waals surface area contributed by atoms with Crippen LogP contribution in [-0.4, -0.2) is 14.5 Å². The molecule has 2 aromatic heterocycles. The first-order valence-corrected chi connectivity index (χ1v) is 6.68. The van der Waals surface area contributed by atoms with Crippen LogP contribution in [0.4, 0.5) is 5.95 Å². The standard InChI is InChI=1S/C12H18N4S/c1-9(2)7-16-5-4-13-12(16)14-6-11-10(3)15-8-17-11/h4-5,8-9H,6-7H2,1-3H3,(H,13,14). The lowest BCUT2D eigenvalue weighted by Gasteiger charge is -2.11. The molecule has 2 heterocycles. The molecule has 0 atom stereocenters. The third-order valence-corrected chi connectivity index (χ3v) is 3.46. The molecule has 0 saturated carbocycles. The zero-order chi connectivity index (χ0) is 12.3. The van der Waals surface area contributed by atoms with Crippen molar-refractivity contribution in [2.75, 3.05) is 5.32 Å². The van der Waals surface area contributed by atoms with Gasteiger partial charge in [0.1, 0.15) is 0 Å². The van der Waals surface area contributed by atoms with E-state index >= 15 is 0 Å². The highest BCUT2D eigenvalue weighted by atomic mass is 32.1. The molecule has 0 spiro atoms. The molecule has 0 saturated heterocycles.